The number of nitrogen functional groups attached to an aromatic ring is 1. The van der Waals surface area contributed by atoms with Gasteiger partial charge in [0.2, 0.25) is 5.95 Å². The van der Waals surface area contributed by atoms with E-state index in [1.54, 1.807) is 6.20 Å². The lowest BCUT2D eigenvalue weighted by molar-refractivity contribution is 0.0737. The molecule has 2 aliphatic rings. The van der Waals surface area contributed by atoms with E-state index in [1.165, 1.54) is 0 Å². The van der Waals surface area contributed by atoms with Gasteiger partial charge in [-0.1, -0.05) is 30.3 Å². The van der Waals surface area contributed by atoms with Crippen LogP contribution >= 0.6 is 0 Å². The SMILES string of the molecule is Nc1ncc(C(=O)N2CC[C@H]3CNC[C@H]32)c(-c2ccccc2)n1. The molecule has 6 nitrogen and oxygen atoms in total. The molecule has 3 N–H and O–H groups in total. The summed E-state index contributed by atoms with van der Waals surface area (Å²) in [6.45, 7) is 2.67. The maximum Gasteiger partial charge on any atom is 0.257 e. The minimum atomic E-state index is 0.0000491. The largest absolute Gasteiger partial charge is 0.368 e. The highest BCUT2D eigenvalue weighted by molar-refractivity contribution is 6.00. The lowest BCUT2D eigenvalue weighted by atomic mass is 10.0. The van der Waals surface area contributed by atoms with Crippen molar-refractivity contribution < 1.29 is 4.79 Å². The molecule has 2 aromatic rings. The van der Waals surface area contributed by atoms with Crippen LogP contribution < -0.4 is 11.1 Å². The van der Waals surface area contributed by atoms with Gasteiger partial charge in [-0.25, -0.2) is 9.97 Å². The van der Waals surface area contributed by atoms with Crippen LogP contribution in [0.25, 0.3) is 11.3 Å². The molecule has 2 fully saturated rings. The van der Waals surface area contributed by atoms with Gasteiger partial charge in [-0.15, -0.1) is 0 Å². The van der Waals surface area contributed by atoms with Gasteiger partial charge in [-0.05, 0) is 12.3 Å². The molecule has 2 saturated heterocycles. The zero-order valence-corrected chi connectivity index (χ0v) is 12.8. The summed E-state index contributed by atoms with van der Waals surface area (Å²) >= 11 is 0. The van der Waals surface area contributed by atoms with E-state index >= 15 is 0 Å². The van der Waals surface area contributed by atoms with Gasteiger partial charge in [-0.3, -0.25) is 4.79 Å². The van der Waals surface area contributed by atoms with Crippen molar-refractivity contribution in [2.75, 3.05) is 25.4 Å². The maximum atomic E-state index is 13.1. The van der Waals surface area contributed by atoms with Crippen molar-refractivity contribution in [3.8, 4) is 11.3 Å². The number of nitrogens with two attached hydrogens (primary N) is 1. The number of hydrogen-bond acceptors (Lipinski definition) is 5. The summed E-state index contributed by atoms with van der Waals surface area (Å²) in [5.74, 6) is 0.746. The van der Waals surface area contributed by atoms with Crippen LogP contribution in [0, 0.1) is 5.92 Å². The first-order valence-electron chi connectivity index (χ1n) is 7.93. The number of benzene rings is 1. The summed E-state index contributed by atoms with van der Waals surface area (Å²) in [7, 11) is 0. The van der Waals surface area contributed by atoms with Crippen molar-refractivity contribution in [2.45, 2.75) is 12.5 Å². The third kappa shape index (κ3) is 2.45. The quantitative estimate of drug-likeness (QED) is 0.869. The van der Waals surface area contributed by atoms with Crippen molar-refractivity contribution in [1.82, 2.24) is 20.2 Å². The van der Waals surface area contributed by atoms with E-state index < -0.39 is 0 Å². The lowest BCUT2D eigenvalue weighted by Gasteiger charge is -2.24. The standard InChI is InChI=1S/C17H19N5O/c18-17-20-9-13(15(21-17)11-4-2-1-3-5-11)16(23)22-7-6-12-8-19-10-14(12)22/h1-5,9,12,14,19H,6-8,10H2,(H2,18,20,21)/t12-,14+/m0/s1. The number of nitrogens with one attached hydrogen (secondary N) is 1. The molecule has 0 spiro atoms. The normalized spacial score (nSPS) is 23.0. The zero-order valence-electron chi connectivity index (χ0n) is 12.8. The van der Waals surface area contributed by atoms with Gasteiger partial charge in [0.1, 0.15) is 0 Å². The Labute approximate surface area is 134 Å². The first-order chi connectivity index (χ1) is 11.2. The number of carbonyl (C=O) groups excluding carboxylic acids is 1. The molecule has 0 unspecified atom stereocenters. The average molecular weight is 309 g/mol. The van der Waals surface area contributed by atoms with Crippen LogP contribution in [-0.2, 0) is 0 Å². The summed E-state index contributed by atoms with van der Waals surface area (Å²) in [5.41, 5.74) is 7.76. The number of fused-ring (bicyclic) bond motifs is 1. The Morgan fingerprint density at radius 2 is 2.09 bits per heavy atom. The summed E-state index contributed by atoms with van der Waals surface area (Å²) in [6.07, 6.45) is 2.61. The Bertz CT molecular complexity index is 733. The number of hydrogen-bond donors (Lipinski definition) is 2. The van der Waals surface area contributed by atoms with Crippen LogP contribution in [0.4, 0.5) is 5.95 Å². The third-order valence-electron chi connectivity index (χ3n) is 4.79. The minimum absolute atomic E-state index is 0.0000491. The third-order valence-corrected chi connectivity index (χ3v) is 4.79. The topological polar surface area (TPSA) is 84.1 Å². The second-order valence-corrected chi connectivity index (χ2v) is 6.13. The minimum Gasteiger partial charge on any atom is -0.368 e. The van der Waals surface area contributed by atoms with Crippen LogP contribution in [-0.4, -0.2) is 46.5 Å². The molecule has 0 saturated carbocycles. The van der Waals surface area contributed by atoms with Crippen molar-refractivity contribution in [2.24, 2.45) is 5.92 Å². The van der Waals surface area contributed by atoms with Crippen LogP contribution in [0.5, 0.6) is 0 Å². The Morgan fingerprint density at radius 3 is 2.91 bits per heavy atom. The summed E-state index contributed by atoms with van der Waals surface area (Å²) < 4.78 is 0. The number of anilines is 1. The molecule has 4 rings (SSSR count). The summed E-state index contributed by atoms with van der Waals surface area (Å²) in [5, 5.41) is 3.37. The van der Waals surface area contributed by atoms with E-state index in [4.69, 9.17) is 5.73 Å². The predicted octanol–water partition coefficient (Wildman–Crippen LogP) is 1.16. The van der Waals surface area contributed by atoms with Gasteiger partial charge in [0.15, 0.2) is 0 Å². The summed E-state index contributed by atoms with van der Waals surface area (Å²) in [4.78, 5) is 23.4. The fourth-order valence-electron chi connectivity index (χ4n) is 3.62. The van der Waals surface area contributed by atoms with Gasteiger partial charge in [-0.2, -0.15) is 0 Å². The number of nitrogens with zero attached hydrogens (tertiary/aromatic N) is 3. The van der Waals surface area contributed by atoms with E-state index in [0.717, 1.165) is 31.6 Å². The Kier molecular flexibility index (Phi) is 3.46. The highest BCUT2D eigenvalue weighted by Gasteiger charge is 2.40. The summed E-state index contributed by atoms with van der Waals surface area (Å²) in [6, 6.07) is 9.93. The molecule has 23 heavy (non-hydrogen) atoms. The smallest absolute Gasteiger partial charge is 0.257 e. The van der Waals surface area contributed by atoms with Gasteiger partial charge in [0.05, 0.1) is 11.3 Å². The molecule has 6 heteroatoms. The van der Waals surface area contributed by atoms with E-state index in [0.29, 0.717) is 17.2 Å². The molecule has 2 aliphatic heterocycles. The van der Waals surface area contributed by atoms with E-state index in [-0.39, 0.29) is 17.9 Å². The van der Waals surface area contributed by atoms with Crippen LogP contribution in [0.15, 0.2) is 36.5 Å². The molecular weight excluding hydrogens is 290 g/mol. The monoisotopic (exact) mass is 309 g/mol. The van der Waals surface area contributed by atoms with Gasteiger partial charge >= 0.3 is 0 Å². The van der Waals surface area contributed by atoms with Crippen molar-refractivity contribution in [3.05, 3.63) is 42.1 Å². The number of likely N-dealkylation sites (tertiary alicyclic amines) is 1. The van der Waals surface area contributed by atoms with Crippen molar-refractivity contribution in [3.63, 3.8) is 0 Å². The van der Waals surface area contributed by atoms with Crippen molar-refractivity contribution >= 4 is 11.9 Å². The molecule has 1 aromatic carbocycles. The zero-order chi connectivity index (χ0) is 15.8. The molecule has 3 heterocycles. The molecule has 118 valence electrons. The molecule has 0 bridgehead atoms. The molecule has 2 atom stereocenters. The molecule has 0 radical (unpaired) electrons. The van der Waals surface area contributed by atoms with Crippen LogP contribution in [0.2, 0.25) is 0 Å². The van der Waals surface area contributed by atoms with E-state index in [1.807, 2.05) is 35.2 Å². The Morgan fingerprint density at radius 1 is 1.26 bits per heavy atom. The van der Waals surface area contributed by atoms with Crippen molar-refractivity contribution in [1.29, 1.82) is 0 Å². The number of carbonyl (C=O) groups is 1. The predicted molar refractivity (Wildman–Crippen MR) is 87.7 cm³/mol. The highest BCUT2D eigenvalue weighted by atomic mass is 16.2. The van der Waals surface area contributed by atoms with Gasteiger partial charge in [0.25, 0.3) is 5.91 Å². The maximum absolute atomic E-state index is 13.1. The molecule has 1 amide bonds. The Hall–Kier alpha value is -2.47. The second-order valence-electron chi connectivity index (χ2n) is 6.13. The lowest BCUT2D eigenvalue weighted by Crippen LogP contribution is -2.39. The first kappa shape index (κ1) is 14.1. The second kappa shape index (κ2) is 5.62. The number of amides is 1. The number of rotatable bonds is 2. The van der Waals surface area contributed by atoms with Gasteiger partial charge in [0, 0.05) is 37.4 Å². The van der Waals surface area contributed by atoms with Gasteiger partial charge < -0.3 is 16.0 Å². The van der Waals surface area contributed by atoms with E-state index in [2.05, 4.69) is 15.3 Å². The fourth-order valence-corrected chi connectivity index (χ4v) is 3.62. The highest BCUT2D eigenvalue weighted by Crippen LogP contribution is 2.30. The molecular formula is C17H19N5O. The Balaban J connectivity index is 1.73. The van der Waals surface area contributed by atoms with Crippen LogP contribution in [0.3, 0.4) is 0 Å². The number of aromatic nitrogens is 2. The molecule has 0 aliphatic carbocycles. The first-order valence-corrected chi connectivity index (χ1v) is 7.93. The molecule has 1 aromatic heterocycles. The van der Waals surface area contributed by atoms with E-state index in [9.17, 15) is 4.79 Å². The fraction of sp³-hybridized carbons (Fsp3) is 0.353. The average Bonchev–Trinajstić information content (AvgIpc) is 3.18. The van der Waals surface area contributed by atoms with Crippen LogP contribution in [0.1, 0.15) is 16.8 Å².